The first-order chi connectivity index (χ1) is 12.1. The Balaban J connectivity index is 1.70. The van der Waals surface area contributed by atoms with Gasteiger partial charge in [0.2, 0.25) is 6.10 Å². The van der Waals surface area contributed by atoms with Crippen LogP contribution in [0.5, 0.6) is 11.5 Å². The summed E-state index contributed by atoms with van der Waals surface area (Å²) in [6.45, 7) is 1.99. The third-order valence-corrected chi connectivity index (χ3v) is 4.00. The Morgan fingerprint density at radius 1 is 1.16 bits per heavy atom. The van der Waals surface area contributed by atoms with E-state index in [4.69, 9.17) is 14.3 Å². The molecule has 0 radical (unpaired) electrons. The molecule has 6 nitrogen and oxygen atoms in total. The summed E-state index contributed by atoms with van der Waals surface area (Å²) < 4.78 is 10.6. The van der Waals surface area contributed by atoms with E-state index < -0.39 is 6.10 Å². The van der Waals surface area contributed by atoms with Gasteiger partial charge in [-0.25, -0.2) is 0 Å². The molecule has 0 saturated heterocycles. The Hall–Kier alpha value is -3.02. The summed E-state index contributed by atoms with van der Waals surface area (Å²) in [5.74, 6) is 1.11. The summed E-state index contributed by atoms with van der Waals surface area (Å²) in [7, 11) is 3.18. The van der Waals surface area contributed by atoms with E-state index in [0.29, 0.717) is 23.6 Å². The number of carbonyl (C=O) groups excluding carboxylic acids is 1. The van der Waals surface area contributed by atoms with Crippen LogP contribution in [0.1, 0.15) is 17.5 Å². The third-order valence-electron chi connectivity index (χ3n) is 4.00. The first-order valence-electron chi connectivity index (χ1n) is 7.93. The van der Waals surface area contributed by atoms with Crippen molar-refractivity contribution in [1.29, 1.82) is 0 Å². The van der Waals surface area contributed by atoms with E-state index in [-0.39, 0.29) is 5.91 Å². The second-order valence-corrected chi connectivity index (χ2v) is 5.76. The number of oxime groups is 1. The second-order valence-electron chi connectivity index (χ2n) is 5.76. The van der Waals surface area contributed by atoms with Crippen LogP contribution in [0.4, 0.5) is 5.69 Å². The van der Waals surface area contributed by atoms with E-state index >= 15 is 0 Å². The van der Waals surface area contributed by atoms with Crippen LogP contribution in [0.25, 0.3) is 0 Å². The molecule has 1 atom stereocenters. The maximum atomic E-state index is 12.4. The average Bonchev–Trinajstić information content (AvgIpc) is 3.13. The number of hydrogen-bond acceptors (Lipinski definition) is 5. The predicted molar refractivity (Wildman–Crippen MR) is 95.4 cm³/mol. The lowest BCUT2D eigenvalue weighted by Gasteiger charge is -2.11. The molecule has 2 aromatic rings. The lowest BCUT2D eigenvalue weighted by Crippen LogP contribution is -2.28. The summed E-state index contributed by atoms with van der Waals surface area (Å²) >= 11 is 0. The number of rotatable bonds is 5. The van der Waals surface area contributed by atoms with Gasteiger partial charge in [-0.15, -0.1) is 0 Å². The highest BCUT2D eigenvalue weighted by atomic mass is 16.6. The molecule has 1 heterocycles. The molecule has 1 aliphatic rings. The van der Waals surface area contributed by atoms with Crippen molar-refractivity contribution in [3.05, 3.63) is 53.6 Å². The van der Waals surface area contributed by atoms with Crippen LogP contribution < -0.4 is 14.8 Å². The van der Waals surface area contributed by atoms with Gasteiger partial charge in [0.05, 0.1) is 19.9 Å². The fraction of sp³-hybridized carbons (Fsp3) is 0.263. The topological polar surface area (TPSA) is 69.1 Å². The maximum absolute atomic E-state index is 12.4. The van der Waals surface area contributed by atoms with Crippen LogP contribution in [0.2, 0.25) is 0 Å². The molecule has 2 aromatic carbocycles. The predicted octanol–water partition coefficient (Wildman–Crippen LogP) is 3.14. The lowest BCUT2D eigenvalue weighted by atomic mass is 10.0. The fourth-order valence-corrected chi connectivity index (χ4v) is 2.58. The van der Waals surface area contributed by atoms with Crippen LogP contribution in [-0.4, -0.2) is 31.9 Å². The average molecular weight is 340 g/mol. The zero-order chi connectivity index (χ0) is 17.8. The number of nitrogens with one attached hydrogen (secondary N) is 1. The molecule has 0 saturated carbocycles. The second kappa shape index (κ2) is 7.25. The van der Waals surface area contributed by atoms with Gasteiger partial charge in [0.1, 0.15) is 11.5 Å². The van der Waals surface area contributed by atoms with Crippen molar-refractivity contribution in [3.8, 4) is 11.5 Å². The molecule has 1 amide bonds. The fourth-order valence-electron chi connectivity index (χ4n) is 2.58. The number of nitrogens with zero attached hydrogens (tertiary/aromatic N) is 1. The van der Waals surface area contributed by atoms with E-state index in [1.807, 2.05) is 37.3 Å². The van der Waals surface area contributed by atoms with Gasteiger partial charge in [0.15, 0.2) is 0 Å². The van der Waals surface area contributed by atoms with Crippen LogP contribution in [0, 0.1) is 6.92 Å². The van der Waals surface area contributed by atoms with Crippen molar-refractivity contribution in [2.24, 2.45) is 5.16 Å². The largest absolute Gasteiger partial charge is 0.497 e. The number of methoxy groups -OCH3 is 2. The zero-order valence-electron chi connectivity index (χ0n) is 14.4. The molecule has 3 rings (SSSR count). The molecule has 130 valence electrons. The van der Waals surface area contributed by atoms with Gasteiger partial charge in [0, 0.05) is 17.7 Å². The Bertz CT molecular complexity index is 800. The Morgan fingerprint density at radius 2 is 1.92 bits per heavy atom. The van der Waals surface area contributed by atoms with E-state index in [0.717, 1.165) is 16.8 Å². The Labute approximate surface area is 146 Å². The molecule has 0 spiro atoms. The number of anilines is 1. The highest BCUT2D eigenvalue weighted by molar-refractivity contribution is 6.07. The van der Waals surface area contributed by atoms with E-state index in [9.17, 15) is 4.79 Å². The smallest absolute Gasteiger partial charge is 0.268 e. The van der Waals surface area contributed by atoms with Gasteiger partial charge in [-0.05, 0) is 37.3 Å². The van der Waals surface area contributed by atoms with Gasteiger partial charge >= 0.3 is 0 Å². The molecule has 1 aliphatic heterocycles. The molecule has 0 aromatic heterocycles. The Morgan fingerprint density at radius 3 is 2.60 bits per heavy atom. The number of hydrogen-bond donors (Lipinski definition) is 1. The van der Waals surface area contributed by atoms with Crippen LogP contribution in [0.15, 0.2) is 47.6 Å². The first kappa shape index (κ1) is 16.8. The molecular formula is C19H20N2O4. The summed E-state index contributed by atoms with van der Waals surface area (Å²) in [5, 5.41) is 6.91. The van der Waals surface area contributed by atoms with Crippen molar-refractivity contribution in [2.75, 3.05) is 19.5 Å². The third kappa shape index (κ3) is 3.74. The molecule has 25 heavy (non-hydrogen) atoms. The number of carbonyl (C=O) groups is 1. The van der Waals surface area contributed by atoms with Crippen molar-refractivity contribution in [2.45, 2.75) is 19.4 Å². The number of aryl methyl sites for hydroxylation is 1. The highest BCUT2D eigenvalue weighted by Gasteiger charge is 2.30. The first-order valence-corrected chi connectivity index (χ1v) is 7.93. The SMILES string of the molecule is COc1ccc(OC)c(C2=NO[C@@H](C(=O)Nc3ccc(C)cc3)C2)c1. The maximum Gasteiger partial charge on any atom is 0.268 e. The molecule has 0 unspecified atom stereocenters. The van der Waals surface area contributed by atoms with Gasteiger partial charge in [0.25, 0.3) is 5.91 Å². The highest BCUT2D eigenvalue weighted by Crippen LogP contribution is 2.29. The molecule has 0 fully saturated rings. The lowest BCUT2D eigenvalue weighted by molar-refractivity contribution is -0.125. The van der Waals surface area contributed by atoms with Crippen LogP contribution in [-0.2, 0) is 9.63 Å². The summed E-state index contributed by atoms with van der Waals surface area (Å²) in [6.07, 6.45) is -0.312. The Kier molecular flexibility index (Phi) is 4.88. The number of amides is 1. The molecular weight excluding hydrogens is 320 g/mol. The zero-order valence-corrected chi connectivity index (χ0v) is 14.4. The molecule has 6 heteroatoms. The minimum Gasteiger partial charge on any atom is -0.497 e. The number of benzene rings is 2. The standard InChI is InChI=1S/C19H20N2O4/c1-12-4-6-13(7-5-12)20-19(22)18-11-16(21-25-18)15-10-14(23-2)8-9-17(15)24-3/h4-10,18H,11H2,1-3H3,(H,20,22)/t18-/m1/s1. The normalized spacial score (nSPS) is 16.0. The molecule has 1 N–H and O–H groups in total. The van der Waals surface area contributed by atoms with Crippen molar-refractivity contribution < 1.29 is 19.1 Å². The minimum atomic E-state index is -0.674. The van der Waals surface area contributed by atoms with Gasteiger partial charge in [-0.3, -0.25) is 4.79 Å². The van der Waals surface area contributed by atoms with Gasteiger partial charge in [-0.2, -0.15) is 0 Å². The van der Waals surface area contributed by atoms with E-state index in [1.165, 1.54) is 0 Å². The van der Waals surface area contributed by atoms with Crippen LogP contribution >= 0.6 is 0 Å². The van der Waals surface area contributed by atoms with E-state index in [1.54, 1.807) is 26.4 Å². The minimum absolute atomic E-state index is 0.232. The monoisotopic (exact) mass is 340 g/mol. The van der Waals surface area contributed by atoms with Gasteiger partial charge in [-0.1, -0.05) is 22.9 Å². The van der Waals surface area contributed by atoms with Crippen LogP contribution in [0.3, 0.4) is 0 Å². The van der Waals surface area contributed by atoms with E-state index in [2.05, 4.69) is 10.5 Å². The summed E-state index contributed by atoms with van der Waals surface area (Å²) in [4.78, 5) is 17.7. The quantitative estimate of drug-likeness (QED) is 0.908. The summed E-state index contributed by atoms with van der Waals surface area (Å²) in [5.41, 5.74) is 3.27. The van der Waals surface area contributed by atoms with Crippen molar-refractivity contribution in [1.82, 2.24) is 0 Å². The molecule has 0 bridgehead atoms. The number of ether oxygens (including phenoxy) is 2. The molecule has 0 aliphatic carbocycles. The van der Waals surface area contributed by atoms with Crippen molar-refractivity contribution >= 4 is 17.3 Å². The summed E-state index contributed by atoms with van der Waals surface area (Å²) in [6, 6.07) is 13.0. The van der Waals surface area contributed by atoms with Crippen molar-refractivity contribution in [3.63, 3.8) is 0 Å². The van der Waals surface area contributed by atoms with Gasteiger partial charge < -0.3 is 19.6 Å².